The SMILES string of the molecule is C.C=C(C)C(=O)OC(=O)C(=C)C.C=C(C)C(=O)OC(=O)CC(=O)OC(=O)C(=C)C.O=C(O)CC(=O)O. The lowest BCUT2D eigenvalue weighted by Gasteiger charge is -2.02. The van der Waals surface area contributed by atoms with Crippen LogP contribution in [-0.4, -0.2) is 58.0 Å². The molecule has 0 radical (unpaired) electrons. The minimum Gasteiger partial charge on any atom is -0.481 e. The number of esters is 6. The molecule has 2 N–H and O–H groups in total. The Hall–Kier alpha value is -4.68. The van der Waals surface area contributed by atoms with Gasteiger partial charge in [-0.25, -0.2) is 19.2 Å². The van der Waals surface area contributed by atoms with Crippen molar-refractivity contribution in [3.8, 4) is 0 Å². The first kappa shape index (κ1) is 38.6. The van der Waals surface area contributed by atoms with Crippen LogP contribution >= 0.6 is 0 Å². The lowest BCUT2D eigenvalue weighted by molar-refractivity contribution is -0.164. The van der Waals surface area contributed by atoms with Crippen LogP contribution in [0.5, 0.6) is 0 Å². The standard InChI is InChI=1S/C11H12O6.C8H10O3.C3H4O4.CH4/c1-6(2)10(14)16-8(12)5-9(13)17-11(15)7(3)4;1-5(2)7(9)11-8(10)6(3)4;4-2(5)1-3(6)7;/h1,3,5H2,2,4H3;1,3H2,2,4H3;1H2,(H,4,5)(H,6,7);1H4. The largest absolute Gasteiger partial charge is 0.481 e. The third-order valence-electron chi connectivity index (χ3n) is 2.58. The first-order chi connectivity index (χ1) is 15.8. The molecule has 0 aromatic heterocycles. The molecule has 0 aliphatic rings. The molecule has 13 heteroatoms. The summed E-state index contributed by atoms with van der Waals surface area (Å²) in [6, 6.07) is 0. The number of aliphatic carboxylic acids is 2. The molecule has 0 unspecified atom stereocenters. The molecule has 0 aliphatic carbocycles. The van der Waals surface area contributed by atoms with Gasteiger partial charge in [-0.15, -0.1) is 0 Å². The molecular formula is C23H30O13. The summed E-state index contributed by atoms with van der Waals surface area (Å²) in [6.07, 6.45) is -1.64. The minimum atomic E-state index is -1.31. The van der Waals surface area contributed by atoms with E-state index in [-0.39, 0.29) is 29.7 Å². The molecule has 0 bridgehead atoms. The number of carboxylic acid groups (broad SMARTS) is 2. The van der Waals surface area contributed by atoms with Crippen molar-refractivity contribution in [3.05, 3.63) is 48.6 Å². The van der Waals surface area contributed by atoms with Crippen LogP contribution in [-0.2, 0) is 52.6 Å². The molecule has 200 valence electrons. The Kier molecular flexibility index (Phi) is 21.2. The van der Waals surface area contributed by atoms with Crippen molar-refractivity contribution in [3.63, 3.8) is 0 Å². The van der Waals surface area contributed by atoms with Crippen molar-refractivity contribution in [1.82, 2.24) is 0 Å². The van der Waals surface area contributed by atoms with Gasteiger partial charge in [-0.3, -0.25) is 19.2 Å². The summed E-state index contributed by atoms with van der Waals surface area (Å²) in [5.74, 6) is -8.14. The van der Waals surface area contributed by atoms with Crippen molar-refractivity contribution >= 4 is 47.8 Å². The van der Waals surface area contributed by atoms with Crippen LogP contribution in [0.3, 0.4) is 0 Å². The highest BCUT2D eigenvalue weighted by Crippen LogP contribution is 2.00. The second kappa shape index (κ2) is 19.8. The van der Waals surface area contributed by atoms with Crippen LogP contribution in [0, 0.1) is 0 Å². The maximum Gasteiger partial charge on any atom is 0.340 e. The normalized spacial score (nSPS) is 8.44. The fourth-order valence-corrected chi connectivity index (χ4v) is 0.959. The average Bonchev–Trinajstić information content (AvgIpc) is 2.66. The van der Waals surface area contributed by atoms with Crippen molar-refractivity contribution in [2.75, 3.05) is 0 Å². The summed E-state index contributed by atoms with van der Waals surface area (Å²) in [5, 5.41) is 15.4. The zero-order valence-corrected chi connectivity index (χ0v) is 19.6. The van der Waals surface area contributed by atoms with Crippen molar-refractivity contribution in [1.29, 1.82) is 0 Å². The maximum absolute atomic E-state index is 11.0. The molecule has 0 aliphatic heterocycles. The number of carbonyl (C=O) groups is 8. The van der Waals surface area contributed by atoms with E-state index in [2.05, 4.69) is 40.5 Å². The summed E-state index contributed by atoms with van der Waals surface area (Å²) in [4.78, 5) is 84.0. The zero-order chi connectivity index (χ0) is 28.5. The molecule has 0 spiro atoms. The monoisotopic (exact) mass is 514 g/mol. The van der Waals surface area contributed by atoms with E-state index in [0.717, 1.165) is 0 Å². The van der Waals surface area contributed by atoms with Crippen LogP contribution in [0.1, 0.15) is 48.0 Å². The Bertz CT molecular complexity index is 877. The van der Waals surface area contributed by atoms with Gasteiger partial charge in [0, 0.05) is 22.3 Å². The van der Waals surface area contributed by atoms with E-state index >= 15 is 0 Å². The molecule has 0 fully saturated rings. The van der Waals surface area contributed by atoms with Crippen LogP contribution in [0.25, 0.3) is 0 Å². The fraction of sp³-hybridized carbons (Fsp3) is 0.304. The molecule has 0 aromatic rings. The first-order valence-corrected chi connectivity index (χ1v) is 9.13. The van der Waals surface area contributed by atoms with Gasteiger partial charge in [0.1, 0.15) is 12.8 Å². The molecule has 0 saturated carbocycles. The summed E-state index contributed by atoms with van der Waals surface area (Å²) in [5.41, 5.74) is 0.425. The molecule has 0 saturated heterocycles. The Labute approximate surface area is 207 Å². The number of hydrogen-bond acceptors (Lipinski definition) is 11. The third kappa shape index (κ3) is 24.0. The van der Waals surface area contributed by atoms with Gasteiger partial charge in [0.05, 0.1) is 0 Å². The molecule has 0 amide bonds. The summed E-state index contributed by atoms with van der Waals surface area (Å²) < 4.78 is 12.7. The molecule has 0 rings (SSSR count). The molecule has 0 heterocycles. The van der Waals surface area contributed by atoms with Crippen molar-refractivity contribution in [2.24, 2.45) is 0 Å². The lowest BCUT2D eigenvalue weighted by atomic mass is 10.3. The second-order valence-electron chi connectivity index (χ2n) is 6.46. The highest BCUT2D eigenvalue weighted by molar-refractivity contribution is 6.04. The maximum atomic E-state index is 11.0. The van der Waals surface area contributed by atoms with Crippen LogP contribution in [0.2, 0.25) is 0 Å². The summed E-state index contributed by atoms with van der Waals surface area (Å²) in [6.45, 7) is 18.7. The quantitative estimate of drug-likeness (QED) is 0.206. The minimum absolute atomic E-state index is 0. The highest BCUT2D eigenvalue weighted by Gasteiger charge is 2.19. The van der Waals surface area contributed by atoms with Gasteiger partial charge >= 0.3 is 47.8 Å². The Morgan fingerprint density at radius 1 is 0.500 bits per heavy atom. The van der Waals surface area contributed by atoms with E-state index in [9.17, 15) is 38.4 Å². The number of hydrogen-bond donors (Lipinski definition) is 2. The van der Waals surface area contributed by atoms with Gasteiger partial charge in [0.2, 0.25) is 0 Å². The summed E-state index contributed by atoms with van der Waals surface area (Å²) >= 11 is 0. The second-order valence-corrected chi connectivity index (χ2v) is 6.46. The van der Waals surface area contributed by atoms with E-state index in [4.69, 9.17) is 10.2 Å². The molecular weight excluding hydrogens is 484 g/mol. The predicted molar refractivity (Wildman–Crippen MR) is 124 cm³/mol. The van der Waals surface area contributed by atoms with E-state index in [0.29, 0.717) is 0 Å². The van der Waals surface area contributed by atoms with Crippen LogP contribution in [0.4, 0.5) is 0 Å². The third-order valence-corrected chi connectivity index (χ3v) is 2.58. The number of rotatable bonds is 8. The zero-order valence-electron chi connectivity index (χ0n) is 19.6. The average molecular weight is 514 g/mol. The van der Waals surface area contributed by atoms with E-state index in [1.807, 2.05) is 0 Å². The Morgan fingerprint density at radius 2 is 0.722 bits per heavy atom. The van der Waals surface area contributed by atoms with E-state index in [1.54, 1.807) is 0 Å². The van der Waals surface area contributed by atoms with Gasteiger partial charge in [0.25, 0.3) is 0 Å². The van der Waals surface area contributed by atoms with Crippen LogP contribution in [0.15, 0.2) is 48.6 Å². The smallest absolute Gasteiger partial charge is 0.340 e. The van der Waals surface area contributed by atoms with Crippen molar-refractivity contribution in [2.45, 2.75) is 48.0 Å². The van der Waals surface area contributed by atoms with E-state index < -0.39 is 60.6 Å². The van der Waals surface area contributed by atoms with Gasteiger partial charge < -0.3 is 24.4 Å². The summed E-state index contributed by atoms with van der Waals surface area (Å²) in [7, 11) is 0. The molecule has 0 aromatic carbocycles. The molecule has 0 atom stereocenters. The number of ether oxygens (including phenoxy) is 3. The van der Waals surface area contributed by atoms with Gasteiger partial charge in [-0.05, 0) is 27.7 Å². The Morgan fingerprint density at radius 3 is 0.889 bits per heavy atom. The number of carbonyl (C=O) groups excluding carboxylic acids is 6. The lowest BCUT2D eigenvalue weighted by Crippen LogP contribution is -2.20. The predicted octanol–water partition coefficient (Wildman–Crippen LogP) is 2.06. The fourth-order valence-electron chi connectivity index (χ4n) is 0.959. The molecule has 13 nitrogen and oxygen atoms in total. The highest BCUT2D eigenvalue weighted by atomic mass is 16.6. The Balaban J connectivity index is -0.000000232. The van der Waals surface area contributed by atoms with Gasteiger partial charge in [-0.2, -0.15) is 0 Å². The molecule has 36 heavy (non-hydrogen) atoms. The van der Waals surface area contributed by atoms with E-state index in [1.165, 1.54) is 27.7 Å². The van der Waals surface area contributed by atoms with Crippen LogP contribution < -0.4 is 0 Å². The topological polar surface area (TPSA) is 205 Å². The number of carboxylic acids is 2. The van der Waals surface area contributed by atoms with Gasteiger partial charge in [-0.1, -0.05) is 33.7 Å². The van der Waals surface area contributed by atoms with Crippen molar-refractivity contribution < 1.29 is 62.8 Å². The first-order valence-electron chi connectivity index (χ1n) is 9.13. The van der Waals surface area contributed by atoms with Gasteiger partial charge in [0.15, 0.2) is 0 Å².